The number of sulfonamides is 2. The Morgan fingerprint density at radius 1 is 1.09 bits per heavy atom. The summed E-state index contributed by atoms with van der Waals surface area (Å²) in [6.07, 6.45) is 3.90. The van der Waals surface area contributed by atoms with Gasteiger partial charge in [0.15, 0.2) is 0 Å². The fourth-order valence-electron chi connectivity index (χ4n) is 3.03. The molecule has 0 spiro atoms. The highest BCUT2D eigenvalue weighted by molar-refractivity contribution is 7.89. The zero-order valence-corrected chi connectivity index (χ0v) is 20.1. The van der Waals surface area contributed by atoms with Crippen LogP contribution in [0.5, 0.6) is 0 Å². The lowest BCUT2D eigenvalue weighted by Gasteiger charge is -2.26. The van der Waals surface area contributed by atoms with Crippen LogP contribution in [-0.2, 0) is 42.7 Å². The van der Waals surface area contributed by atoms with Crippen molar-refractivity contribution >= 4 is 32.0 Å². The lowest BCUT2D eigenvalue weighted by molar-refractivity contribution is -0.116. The number of furan rings is 1. The van der Waals surface area contributed by atoms with E-state index in [4.69, 9.17) is 9.15 Å². The molecular weight excluding hydrogens is 470 g/mol. The number of carbonyl (C=O) groups is 1. The van der Waals surface area contributed by atoms with Crippen molar-refractivity contribution in [1.29, 1.82) is 0 Å². The van der Waals surface area contributed by atoms with E-state index in [9.17, 15) is 21.6 Å². The van der Waals surface area contributed by atoms with Gasteiger partial charge in [-0.25, -0.2) is 16.8 Å². The topological polar surface area (TPSA) is 126 Å². The van der Waals surface area contributed by atoms with Gasteiger partial charge in [0.05, 0.1) is 30.9 Å². The van der Waals surface area contributed by atoms with Gasteiger partial charge in [0.1, 0.15) is 11.5 Å². The first-order valence-electron chi connectivity index (χ1n) is 10.2. The van der Waals surface area contributed by atoms with E-state index in [2.05, 4.69) is 5.32 Å². The van der Waals surface area contributed by atoms with Gasteiger partial charge in [0, 0.05) is 32.8 Å². The van der Waals surface area contributed by atoms with Crippen molar-refractivity contribution in [3.8, 4) is 0 Å². The molecule has 12 heteroatoms. The smallest absolute Gasteiger partial charge is 0.244 e. The Bertz CT molecular complexity index is 1200. The molecule has 2 heterocycles. The van der Waals surface area contributed by atoms with Gasteiger partial charge in [-0.2, -0.15) is 8.61 Å². The van der Waals surface area contributed by atoms with E-state index in [1.54, 1.807) is 24.3 Å². The van der Waals surface area contributed by atoms with Crippen LogP contribution in [0.4, 0.5) is 0 Å². The maximum absolute atomic E-state index is 12.6. The molecule has 33 heavy (non-hydrogen) atoms. The number of ether oxygens (including phenoxy) is 1. The molecule has 1 aliphatic rings. The minimum atomic E-state index is -3.56. The third-order valence-electron chi connectivity index (χ3n) is 5.02. The predicted molar refractivity (Wildman–Crippen MR) is 122 cm³/mol. The van der Waals surface area contributed by atoms with Crippen molar-refractivity contribution in [1.82, 2.24) is 13.9 Å². The molecule has 1 amide bonds. The number of nitrogens with one attached hydrogen (secondary N) is 1. The SMILES string of the molecule is CN(Cc1ccc(/C=C/C(=O)NCc2ccc(S(=O)(=O)N3CCOCC3)cc2)o1)S(C)(=O)=O. The van der Waals surface area contributed by atoms with Crippen LogP contribution in [-0.4, -0.2) is 71.0 Å². The molecule has 0 aliphatic carbocycles. The Labute approximate surface area is 193 Å². The Hall–Kier alpha value is -2.51. The quantitative estimate of drug-likeness (QED) is 0.513. The molecule has 3 rings (SSSR count). The Balaban J connectivity index is 1.51. The second-order valence-electron chi connectivity index (χ2n) is 7.53. The molecule has 1 aromatic heterocycles. The molecule has 180 valence electrons. The van der Waals surface area contributed by atoms with Crippen molar-refractivity contribution in [3.63, 3.8) is 0 Å². The summed E-state index contributed by atoms with van der Waals surface area (Å²) in [5.74, 6) is 0.515. The number of hydrogen-bond acceptors (Lipinski definition) is 7. The average molecular weight is 498 g/mol. The van der Waals surface area contributed by atoms with E-state index in [-0.39, 0.29) is 23.9 Å². The second-order valence-corrected chi connectivity index (χ2v) is 11.6. The van der Waals surface area contributed by atoms with Crippen LogP contribution >= 0.6 is 0 Å². The molecule has 0 saturated carbocycles. The number of benzene rings is 1. The van der Waals surface area contributed by atoms with Crippen LogP contribution in [0.2, 0.25) is 0 Å². The first kappa shape index (κ1) is 25.1. The predicted octanol–water partition coefficient (Wildman–Crippen LogP) is 1.02. The number of carbonyl (C=O) groups excluding carboxylic acids is 1. The van der Waals surface area contributed by atoms with Crippen LogP contribution in [0.15, 0.2) is 51.8 Å². The molecule has 1 aromatic carbocycles. The highest BCUT2D eigenvalue weighted by Crippen LogP contribution is 2.18. The lowest BCUT2D eigenvalue weighted by Crippen LogP contribution is -2.40. The standard InChI is InChI=1S/C21H27N3O7S2/c1-23(32(2,26)27)16-19-6-5-18(31-19)7-10-21(25)22-15-17-3-8-20(9-4-17)33(28,29)24-11-13-30-14-12-24/h3-10H,11-16H2,1-2H3,(H,22,25)/b10-7+. The summed E-state index contributed by atoms with van der Waals surface area (Å²) >= 11 is 0. The molecule has 0 unspecified atom stereocenters. The van der Waals surface area contributed by atoms with Crippen LogP contribution in [0, 0.1) is 0 Å². The van der Waals surface area contributed by atoms with E-state index in [1.165, 1.54) is 35.6 Å². The third kappa shape index (κ3) is 6.98. The lowest BCUT2D eigenvalue weighted by atomic mass is 10.2. The van der Waals surface area contributed by atoms with Crippen molar-refractivity contribution in [2.75, 3.05) is 39.6 Å². The molecule has 1 fully saturated rings. The number of rotatable bonds is 9. The van der Waals surface area contributed by atoms with E-state index in [1.807, 2.05) is 0 Å². The van der Waals surface area contributed by atoms with E-state index < -0.39 is 20.0 Å². The summed E-state index contributed by atoms with van der Waals surface area (Å²) in [7, 11) is -5.42. The fourth-order valence-corrected chi connectivity index (χ4v) is 4.80. The van der Waals surface area contributed by atoms with Gasteiger partial charge >= 0.3 is 0 Å². The number of nitrogens with zero attached hydrogens (tertiary/aromatic N) is 2. The summed E-state index contributed by atoms with van der Waals surface area (Å²) in [6, 6.07) is 9.66. The molecule has 1 N–H and O–H groups in total. The van der Waals surface area contributed by atoms with Gasteiger partial charge in [-0.05, 0) is 35.9 Å². The van der Waals surface area contributed by atoms with Gasteiger partial charge in [-0.3, -0.25) is 4.79 Å². The largest absolute Gasteiger partial charge is 0.460 e. The molecular formula is C21H27N3O7S2. The Morgan fingerprint density at radius 3 is 2.39 bits per heavy atom. The Kier molecular flexibility index (Phi) is 8.08. The fraction of sp³-hybridized carbons (Fsp3) is 0.381. The first-order chi connectivity index (χ1) is 15.6. The van der Waals surface area contributed by atoms with Gasteiger partial charge in [0.25, 0.3) is 0 Å². The number of amides is 1. The van der Waals surface area contributed by atoms with Crippen LogP contribution < -0.4 is 5.32 Å². The highest BCUT2D eigenvalue weighted by atomic mass is 32.2. The van der Waals surface area contributed by atoms with Crippen LogP contribution in [0.3, 0.4) is 0 Å². The number of morpholine rings is 1. The zero-order valence-electron chi connectivity index (χ0n) is 18.4. The normalized spacial score (nSPS) is 15.8. The van der Waals surface area contributed by atoms with Crippen molar-refractivity contribution in [2.45, 2.75) is 18.0 Å². The average Bonchev–Trinajstić information content (AvgIpc) is 3.24. The molecule has 2 aromatic rings. The van der Waals surface area contributed by atoms with Crippen LogP contribution in [0.1, 0.15) is 17.1 Å². The van der Waals surface area contributed by atoms with Gasteiger partial charge in [0.2, 0.25) is 26.0 Å². The van der Waals surface area contributed by atoms with E-state index >= 15 is 0 Å². The molecule has 0 atom stereocenters. The first-order valence-corrected chi connectivity index (χ1v) is 13.5. The monoisotopic (exact) mass is 497 g/mol. The van der Waals surface area contributed by atoms with E-state index in [0.29, 0.717) is 37.8 Å². The van der Waals surface area contributed by atoms with Crippen LogP contribution in [0.25, 0.3) is 6.08 Å². The van der Waals surface area contributed by atoms with Gasteiger partial charge in [-0.1, -0.05) is 12.1 Å². The Morgan fingerprint density at radius 2 is 1.76 bits per heavy atom. The minimum Gasteiger partial charge on any atom is -0.460 e. The zero-order chi connectivity index (χ0) is 24.1. The van der Waals surface area contributed by atoms with Gasteiger partial charge < -0.3 is 14.5 Å². The third-order valence-corrected chi connectivity index (χ3v) is 8.20. The van der Waals surface area contributed by atoms with Crippen molar-refractivity contribution in [2.24, 2.45) is 0 Å². The minimum absolute atomic E-state index is 0.0934. The maximum Gasteiger partial charge on any atom is 0.244 e. The maximum atomic E-state index is 12.6. The second kappa shape index (κ2) is 10.6. The summed E-state index contributed by atoms with van der Waals surface area (Å²) in [4.78, 5) is 12.3. The molecule has 0 radical (unpaired) electrons. The highest BCUT2D eigenvalue weighted by Gasteiger charge is 2.26. The summed E-state index contributed by atoms with van der Waals surface area (Å²) in [5.41, 5.74) is 0.752. The van der Waals surface area contributed by atoms with Crippen molar-refractivity contribution < 1.29 is 30.8 Å². The van der Waals surface area contributed by atoms with Gasteiger partial charge in [-0.15, -0.1) is 0 Å². The molecule has 1 saturated heterocycles. The molecule has 10 nitrogen and oxygen atoms in total. The summed E-state index contributed by atoms with van der Waals surface area (Å²) in [5, 5.41) is 2.72. The number of hydrogen-bond donors (Lipinski definition) is 1. The molecule has 0 bridgehead atoms. The summed E-state index contributed by atoms with van der Waals surface area (Å²) < 4.78 is 61.5. The van der Waals surface area contributed by atoms with Crippen molar-refractivity contribution in [3.05, 3.63) is 59.6 Å². The summed E-state index contributed by atoms with van der Waals surface area (Å²) in [6.45, 7) is 1.75. The van der Waals surface area contributed by atoms with E-state index in [0.717, 1.165) is 16.1 Å². The molecule has 1 aliphatic heterocycles.